The molecule has 2 aromatic carbocycles. The number of hydrogen-bond donors (Lipinski definition) is 1. The summed E-state index contributed by atoms with van der Waals surface area (Å²) in [4.78, 5) is 12.4. The van der Waals surface area contributed by atoms with Crippen LogP contribution in [0.1, 0.15) is 27.2 Å². The van der Waals surface area contributed by atoms with Crippen LogP contribution in [0, 0.1) is 13.8 Å². The lowest BCUT2D eigenvalue weighted by atomic mass is 10.1. The number of nitrogens with one attached hydrogen (secondary N) is 1. The maximum absolute atomic E-state index is 12.4. The molecule has 1 aromatic heterocycles. The number of carbonyl (C=O) groups is 1. The first-order valence-electron chi connectivity index (χ1n) is 7.73. The number of halogens is 1. The molecule has 0 radical (unpaired) electrons. The summed E-state index contributed by atoms with van der Waals surface area (Å²) >= 11 is 5.86. The highest BCUT2D eigenvalue weighted by Crippen LogP contribution is 2.25. The van der Waals surface area contributed by atoms with Crippen molar-refractivity contribution in [1.82, 2.24) is 5.32 Å². The normalized spacial score (nSPS) is 10.6. The molecule has 0 aliphatic rings. The number of rotatable bonds is 4. The SMILES string of the molecule is Cc1ccc(-c2cc(C(=O)NCc3ccc(Cl)cc3)c(C)o2)cc1. The summed E-state index contributed by atoms with van der Waals surface area (Å²) in [6.45, 7) is 4.28. The van der Waals surface area contributed by atoms with E-state index in [9.17, 15) is 4.79 Å². The van der Waals surface area contributed by atoms with Crippen LogP contribution in [0.15, 0.2) is 59.0 Å². The van der Waals surface area contributed by atoms with Gasteiger partial charge in [-0.05, 0) is 37.6 Å². The van der Waals surface area contributed by atoms with Crippen LogP contribution in [0.25, 0.3) is 11.3 Å². The van der Waals surface area contributed by atoms with Gasteiger partial charge in [-0.3, -0.25) is 4.79 Å². The Kier molecular flexibility index (Phi) is 4.72. The first-order chi connectivity index (χ1) is 11.5. The number of carbonyl (C=O) groups excluding carboxylic acids is 1. The molecule has 0 saturated heterocycles. The van der Waals surface area contributed by atoms with E-state index in [0.717, 1.165) is 11.1 Å². The molecule has 0 atom stereocenters. The molecule has 0 unspecified atom stereocenters. The number of benzene rings is 2. The van der Waals surface area contributed by atoms with Gasteiger partial charge in [0, 0.05) is 17.1 Å². The number of aryl methyl sites for hydroxylation is 2. The highest BCUT2D eigenvalue weighted by Gasteiger charge is 2.15. The molecule has 122 valence electrons. The smallest absolute Gasteiger partial charge is 0.255 e. The third-order valence-electron chi connectivity index (χ3n) is 3.86. The molecule has 4 heteroatoms. The van der Waals surface area contributed by atoms with Crippen molar-refractivity contribution < 1.29 is 9.21 Å². The zero-order valence-corrected chi connectivity index (χ0v) is 14.4. The van der Waals surface area contributed by atoms with E-state index >= 15 is 0 Å². The fourth-order valence-electron chi connectivity index (χ4n) is 2.45. The Balaban J connectivity index is 1.73. The summed E-state index contributed by atoms with van der Waals surface area (Å²) in [7, 11) is 0. The fraction of sp³-hybridized carbons (Fsp3) is 0.150. The molecule has 0 aliphatic carbocycles. The largest absolute Gasteiger partial charge is 0.461 e. The molecular formula is C20H18ClNO2. The summed E-state index contributed by atoms with van der Waals surface area (Å²) < 4.78 is 5.75. The summed E-state index contributed by atoms with van der Waals surface area (Å²) in [5.74, 6) is 1.16. The second-order valence-electron chi connectivity index (χ2n) is 5.76. The molecule has 24 heavy (non-hydrogen) atoms. The van der Waals surface area contributed by atoms with Crippen LogP contribution in [0.4, 0.5) is 0 Å². The van der Waals surface area contributed by atoms with Crippen molar-refractivity contribution >= 4 is 17.5 Å². The van der Waals surface area contributed by atoms with Gasteiger partial charge in [0.2, 0.25) is 0 Å². The molecule has 0 fully saturated rings. The van der Waals surface area contributed by atoms with E-state index in [1.807, 2.05) is 55.5 Å². The van der Waals surface area contributed by atoms with E-state index < -0.39 is 0 Å². The molecule has 3 rings (SSSR count). The van der Waals surface area contributed by atoms with Crippen molar-refractivity contribution in [2.75, 3.05) is 0 Å². The first-order valence-corrected chi connectivity index (χ1v) is 8.11. The summed E-state index contributed by atoms with van der Waals surface area (Å²) in [5, 5.41) is 3.59. The third kappa shape index (κ3) is 3.69. The van der Waals surface area contributed by atoms with Crippen LogP contribution in [-0.4, -0.2) is 5.91 Å². The van der Waals surface area contributed by atoms with Gasteiger partial charge in [-0.25, -0.2) is 0 Å². The Morgan fingerprint density at radius 3 is 2.38 bits per heavy atom. The van der Waals surface area contributed by atoms with Crippen LogP contribution in [0.5, 0.6) is 0 Å². The second kappa shape index (κ2) is 6.93. The van der Waals surface area contributed by atoms with Crippen molar-refractivity contribution in [3.05, 3.63) is 82.1 Å². The van der Waals surface area contributed by atoms with E-state index in [-0.39, 0.29) is 5.91 Å². The lowest BCUT2D eigenvalue weighted by molar-refractivity contribution is 0.0949. The van der Waals surface area contributed by atoms with Crippen molar-refractivity contribution in [3.8, 4) is 11.3 Å². The molecule has 1 amide bonds. The van der Waals surface area contributed by atoms with E-state index in [1.165, 1.54) is 5.56 Å². The van der Waals surface area contributed by atoms with Gasteiger partial charge >= 0.3 is 0 Å². The average Bonchev–Trinajstić information content (AvgIpc) is 2.96. The van der Waals surface area contributed by atoms with Crippen LogP contribution < -0.4 is 5.32 Å². The van der Waals surface area contributed by atoms with Crippen molar-refractivity contribution in [2.45, 2.75) is 20.4 Å². The van der Waals surface area contributed by atoms with Gasteiger partial charge in [-0.1, -0.05) is 53.6 Å². The lowest BCUT2D eigenvalue weighted by Gasteiger charge is -2.04. The standard InChI is InChI=1S/C20H18ClNO2/c1-13-3-7-16(8-4-13)19-11-18(14(2)24-19)20(23)22-12-15-5-9-17(21)10-6-15/h3-11H,12H2,1-2H3,(H,22,23). The van der Waals surface area contributed by atoms with Gasteiger partial charge in [0.1, 0.15) is 11.5 Å². The molecule has 0 bridgehead atoms. The number of amides is 1. The maximum Gasteiger partial charge on any atom is 0.255 e. The fourth-order valence-corrected chi connectivity index (χ4v) is 2.57. The Labute approximate surface area is 146 Å². The molecule has 0 saturated carbocycles. The van der Waals surface area contributed by atoms with E-state index in [0.29, 0.717) is 28.7 Å². The zero-order chi connectivity index (χ0) is 17.1. The Hall–Kier alpha value is -2.52. The zero-order valence-electron chi connectivity index (χ0n) is 13.6. The van der Waals surface area contributed by atoms with Gasteiger partial charge < -0.3 is 9.73 Å². The predicted molar refractivity (Wildman–Crippen MR) is 96.2 cm³/mol. The van der Waals surface area contributed by atoms with E-state index in [4.69, 9.17) is 16.0 Å². The maximum atomic E-state index is 12.4. The Bertz CT molecular complexity index is 848. The molecular weight excluding hydrogens is 322 g/mol. The lowest BCUT2D eigenvalue weighted by Crippen LogP contribution is -2.22. The third-order valence-corrected chi connectivity index (χ3v) is 4.12. The summed E-state index contributed by atoms with van der Waals surface area (Å²) in [6.07, 6.45) is 0. The Morgan fingerprint density at radius 2 is 1.71 bits per heavy atom. The number of hydrogen-bond acceptors (Lipinski definition) is 2. The van der Waals surface area contributed by atoms with E-state index in [2.05, 4.69) is 5.32 Å². The second-order valence-corrected chi connectivity index (χ2v) is 6.19. The van der Waals surface area contributed by atoms with Crippen LogP contribution in [0.2, 0.25) is 5.02 Å². The highest BCUT2D eigenvalue weighted by atomic mass is 35.5. The van der Waals surface area contributed by atoms with Crippen molar-refractivity contribution in [2.24, 2.45) is 0 Å². The number of furan rings is 1. The minimum absolute atomic E-state index is 0.149. The monoisotopic (exact) mass is 339 g/mol. The summed E-state index contributed by atoms with van der Waals surface area (Å²) in [6, 6.07) is 17.2. The van der Waals surface area contributed by atoms with Gasteiger partial charge in [0.05, 0.1) is 5.56 Å². The van der Waals surface area contributed by atoms with Gasteiger partial charge in [0.25, 0.3) is 5.91 Å². The Morgan fingerprint density at radius 1 is 1.04 bits per heavy atom. The molecule has 3 nitrogen and oxygen atoms in total. The van der Waals surface area contributed by atoms with Gasteiger partial charge in [-0.15, -0.1) is 0 Å². The molecule has 0 aliphatic heterocycles. The predicted octanol–water partition coefficient (Wildman–Crippen LogP) is 5.15. The van der Waals surface area contributed by atoms with Crippen molar-refractivity contribution in [1.29, 1.82) is 0 Å². The van der Waals surface area contributed by atoms with E-state index in [1.54, 1.807) is 13.0 Å². The highest BCUT2D eigenvalue weighted by molar-refractivity contribution is 6.30. The molecule has 1 heterocycles. The minimum atomic E-state index is -0.149. The first kappa shape index (κ1) is 16.3. The van der Waals surface area contributed by atoms with Gasteiger partial charge in [-0.2, -0.15) is 0 Å². The van der Waals surface area contributed by atoms with Crippen LogP contribution in [0.3, 0.4) is 0 Å². The quantitative estimate of drug-likeness (QED) is 0.714. The minimum Gasteiger partial charge on any atom is -0.461 e. The summed E-state index contributed by atoms with van der Waals surface area (Å²) in [5.41, 5.74) is 3.69. The average molecular weight is 340 g/mol. The van der Waals surface area contributed by atoms with Crippen LogP contribution >= 0.6 is 11.6 Å². The molecule has 1 N–H and O–H groups in total. The molecule has 0 spiro atoms. The van der Waals surface area contributed by atoms with Crippen LogP contribution in [-0.2, 0) is 6.54 Å². The van der Waals surface area contributed by atoms with Crippen molar-refractivity contribution in [3.63, 3.8) is 0 Å². The molecule has 3 aromatic rings. The topological polar surface area (TPSA) is 42.2 Å². The van der Waals surface area contributed by atoms with Gasteiger partial charge in [0.15, 0.2) is 0 Å².